The van der Waals surface area contributed by atoms with E-state index in [1.807, 2.05) is 45.2 Å². The number of nitrogens with one attached hydrogen (secondary N) is 2. The van der Waals surface area contributed by atoms with E-state index in [0.717, 1.165) is 11.3 Å². The van der Waals surface area contributed by atoms with Gasteiger partial charge in [-0.3, -0.25) is 4.79 Å². The van der Waals surface area contributed by atoms with Gasteiger partial charge in [0.15, 0.2) is 0 Å². The molecule has 1 amide bonds. The maximum Gasteiger partial charge on any atom is 0.227 e. The number of benzene rings is 1. The molecule has 138 valence electrons. The fourth-order valence-electron chi connectivity index (χ4n) is 2.02. The van der Waals surface area contributed by atoms with Crippen molar-refractivity contribution < 1.29 is 14.1 Å². The van der Waals surface area contributed by atoms with Crippen molar-refractivity contribution in [2.24, 2.45) is 0 Å². The van der Waals surface area contributed by atoms with Crippen molar-refractivity contribution in [2.45, 2.75) is 32.7 Å². The van der Waals surface area contributed by atoms with Crippen molar-refractivity contribution in [3.63, 3.8) is 0 Å². The second-order valence-electron chi connectivity index (χ2n) is 5.46. The van der Waals surface area contributed by atoms with E-state index in [1.54, 1.807) is 0 Å². The molecule has 1 aromatic heterocycles. The molecule has 25 heavy (non-hydrogen) atoms. The van der Waals surface area contributed by atoms with Gasteiger partial charge in [0.1, 0.15) is 5.75 Å². The van der Waals surface area contributed by atoms with E-state index in [9.17, 15) is 4.79 Å². The number of amides is 1. The van der Waals surface area contributed by atoms with Gasteiger partial charge in [-0.1, -0.05) is 5.16 Å². The summed E-state index contributed by atoms with van der Waals surface area (Å²) in [4.78, 5) is 16.1. The standard InChI is InChI=1S/C17H24N4O3.ClH/c1-4-23-14-7-5-13(6-8-14)17-20-16(24-21-17)10-9-15(22)19-11-12(2)18-3;/h5-8,12,18H,4,9-11H2,1-3H3,(H,19,22);1H. The lowest BCUT2D eigenvalue weighted by Crippen LogP contribution is -2.37. The first kappa shape index (κ1) is 20.9. The zero-order valence-corrected chi connectivity index (χ0v) is 15.6. The number of hydrogen-bond donors (Lipinski definition) is 2. The Hall–Kier alpha value is -2.12. The third-order valence-electron chi connectivity index (χ3n) is 3.56. The zero-order chi connectivity index (χ0) is 17.4. The molecule has 8 heteroatoms. The molecule has 1 atom stereocenters. The molecule has 0 saturated heterocycles. The quantitative estimate of drug-likeness (QED) is 0.705. The third-order valence-corrected chi connectivity index (χ3v) is 3.56. The lowest BCUT2D eigenvalue weighted by Gasteiger charge is -2.10. The van der Waals surface area contributed by atoms with Gasteiger partial charge < -0.3 is 19.9 Å². The normalized spacial score (nSPS) is 11.5. The van der Waals surface area contributed by atoms with E-state index in [2.05, 4.69) is 20.8 Å². The molecule has 1 unspecified atom stereocenters. The number of likely N-dealkylation sites (N-methyl/N-ethyl adjacent to an activating group) is 1. The third kappa shape index (κ3) is 6.72. The topological polar surface area (TPSA) is 89.3 Å². The predicted octanol–water partition coefficient (Wildman–Crippen LogP) is 2.21. The average Bonchev–Trinajstić information content (AvgIpc) is 3.07. The van der Waals surface area contributed by atoms with Gasteiger partial charge in [0.05, 0.1) is 6.61 Å². The molecule has 2 rings (SSSR count). The van der Waals surface area contributed by atoms with Gasteiger partial charge in [-0.15, -0.1) is 12.4 Å². The molecule has 0 spiro atoms. The van der Waals surface area contributed by atoms with Crippen LogP contribution < -0.4 is 15.4 Å². The minimum absolute atomic E-state index is 0. The number of rotatable bonds is 9. The van der Waals surface area contributed by atoms with Crippen LogP contribution in [-0.2, 0) is 11.2 Å². The molecule has 1 aromatic carbocycles. The van der Waals surface area contributed by atoms with Crippen LogP contribution in [0.1, 0.15) is 26.2 Å². The summed E-state index contributed by atoms with van der Waals surface area (Å²) in [7, 11) is 1.86. The maximum absolute atomic E-state index is 11.8. The molecule has 0 aliphatic rings. The van der Waals surface area contributed by atoms with E-state index in [0.29, 0.717) is 37.7 Å². The second-order valence-corrected chi connectivity index (χ2v) is 5.46. The van der Waals surface area contributed by atoms with E-state index in [-0.39, 0.29) is 24.4 Å². The van der Waals surface area contributed by atoms with Crippen LogP contribution in [0.5, 0.6) is 5.75 Å². The highest BCUT2D eigenvalue weighted by molar-refractivity contribution is 5.85. The summed E-state index contributed by atoms with van der Waals surface area (Å²) in [5.41, 5.74) is 0.848. The van der Waals surface area contributed by atoms with Gasteiger partial charge >= 0.3 is 0 Å². The van der Waals surface area contributed by atoms with Crippen LogP contribution in [0.15, 0.2) is 28.8 Å². The largest absolute Gasteiger partial charge is 0.494 e. The number of aryl methyl sites for hydroxylation is 1. The van der Waals surface area contributed by atoms with Gasteiger partial charge in [-0.25, -0.2) is 0 Å². The van der Waals surface area contributed by atoms with Crippen LogP contribution >= 0.6 is 12.4 Å². The minimum atomic E-state index is -0.0297. The van der Waals surface area contributed by atoms with Gasteiger partial charge in [-0.05, 0) is 45.2 Å². The van der Waals surface area contributed by atoms with Crippen molar-refractivity contribution >= 4 is 18.3 Å². The number of nitrogens with zero attached hydrogens (tertiary/aromatic N) is 2. The fraction of sp³-hybridized carbons (Fsp3) is 0.471. The van der Waals surface area contributed by atoms with E-state index < -0.39 is 0 Å². The van der Waals surface area contributed by atoms with Gasteiger partial charge in [0.25, 0.3) is 0 Å². The first-order chi connectivity index (χ1) is 11.6. The van der Waals surface area contributed by atoms with Crippen LogP contribution in [0, 0.1) is 0 Å². The summed E-state index contributed by atoms with van der Waals surface area (Å²) in [6, 6.07) is 7.73. The molecule has 7 nitrogen and oxygen atoms in total. The molecule has 0 saturated carbocycles. The van der Waals surface area contributed by atoms with Gasteiger partial charge in [0, 0.05) is 31.0 Å². The smallest absolute Gasteiger partial charge is 0.227 e. The summed E-state index contributed by atoms with van der Waals surface area (Å²) in [6.45, 7) is 5.16. The number of carbonyl (C=O) groups is 1. The van der Waals surface area contributed by atoms with Crippen molar-refractivity contribution in [2.75, 3.05) is 20.2 Å². The molecular weight excluding hydrogens is 344 g/mol. The second kappa shape index (κ2) is 10.7. The molecular formula is C17H25ClN4O3. The Morgan fingerprint density at radius 1 is 1.32 bits per heavy atom. The zero-order valence-electron chi connectivity index (χ0n) is 14.7. The summed E-state index contributed by atoms with van der Waals surface area (Å²) < 4.78 is 10.6. The molecule has 0 radical (unpaired) electrons. The summed E-state index contributed by atoms with van der Waals surface area (Å²) >= 11 is 0. The predicted molar refractivity (Wildman–Crippen MR) is 98.0 cm³/mol. The summed E-state index contributed by atoms with van der Waals surface area (Å²) in [5, 5.41) is 9.88. The molecule has 2 aromatic rings. The van der Waals surface area contributed by atoms with Crippen molar-refractivity contribution in [3.8, 4) is 17.1 Å². The number of carbonyl (C=O) groups excluding carboxylic acids is 1. The molecule has 0 bridgehead atoms. The lowest BCUT2D eigenvalue weighted by molar-refractivity contribution is -0.121. The monoisotopic (exact) mass is 368 g/mol. The van der Waals surface area contributed by atoms with Crippen LogP contribution in [0.2, 0.25) is 0 Å². The van der Waals surface area contributed by atoms with Gasteiger partial charge in [0.2, 0.25) is 17.6 Å². The number of ether oxygens (including phenoxy) is 1. The lowest BCUT2D eigenvalue weighted by atomic mass is 10.2. The Morgan fingerprint density at radius 2 is 2.04 bits per heavy atom. The first-order valence-electron chi connectivity index (χ1n) is 8.12. The van der Waals surface area contributed by atoms with Gasteiger partial charge in [-0.2, -0.15) is 4.98 Å². The number of aromatic nitrogens is 2. The van der Waals surface area contributed by atoms with Crippen LogP contribution in [0.3, 0.4) is 0 Å². The average molecular weight is 369 g/mol. The van der Waals surface area contributed by atoms with E-state index in [1.165, 1.54) is 0 Å². The Labute approximate surface area is 153 Å². The number of halogens is 1. The number of hydrogen-bond acceptors (Lipinski definition) is 6. The van der Waals surface area contributed by atoms with E-state index in [4.69, 9.17) is 9.26 Å². The Kier molecular flexibility index (Phi) is 8.94. The molecule has 0 aliphatic carbocycles. The molecule has 0 aliphatic heterocycles. The van der Waals surface area contributed by atoms with Crippen molar-refractivity contribution in [3.05, 3.63) is 30.2 Å². The summed E-state index contributed by atoms with van der Waals surface area (Å²) in [6.07, 6.45) is 0.741. The molecule has 1 heterocycles. The first-order valence-corrected chi connectivity index (χ1v) is 8.12. The highest BCUT2D eigenvalue weighted by Crippen LogP contribution is 2.20. The van der Waals surface area contributed by atoms with Crippen LogP contribution in [0.4, 0.5) is 0 Å². The maximum atomic E-state index is 11.8. The Morgan fingerprint density at radius 3 is 2.68 bits per heavy atom. The highest BCUT2D eigenvalue weighted by Gasteiger charge is 2.11. The Bertz CT molecular complexity index is 646. The molecule has 0 fully saturated rings. The summed E-state index contributed by atoms with van der Waals surface area (Å²) in [5.74, 6) is 1.74. The molecule has 2 N–H and O–H groups in total. The fourth-order valence-corrected chi connectivity index (χ4v) is 2.02. The minimum Gasteiger partial charge on any atom is -0.494 e. The Balaban J connectivity index is 0.00000312. The van der Waals surface area contributed by atoms with Crippen molar-refractivity contribution in [1.82, 2.24) is 20.8 Å². The van der Waals surface area contributed by atoms with Crippen LogP contribution in [0.25, 0.3) is 11.4 Å². The van der Waals surface area contributed by atoms with E-state index >= 15 is 0 Å². The van der Waals surface area contributed by atoms with Crippen LogP contribution in [-0.4, -0.2) is 42.3 Å². The SMILES string of the molecule is CCOc1ccc(-c2noc(CCC(=O)NCC(C)NC)n2)cc1.Cl. The van der Waals surface area contributed by atoms with Crippen molar-refractivity contribution in [1.29, 1.82) is 0 Å². The highest BCUT2D eigenvalue weighted by atomic mass is 35.5.